The lowest BCUT2D eigenvalue weighted by molar-refractivity contribution is 0.480. The van der Waals surface area contributed by atoms with Crippen LogP contribution in [0.2, 0.25) is 0 Å². The number of piperazine rings is 1. The van der Waals surface area contributed by atoms with Crippen LogP contribution >= 0.6 is 0 Å². The van der Waals surface area contributed by atoms with Crippen LogP contribution < -0.4 is 10.2 Å². The van der Waals surface area contributed by atoms with Gasteiger partial charge in [-0.15, -0.1) is 0 Å². The zero-order valence-corrected chi connectivity index (χ0v) is 9.61. The fraction of sp³-hybridized carbons (Fsp3) is 0.462. The standard InChI is InChI=1S/C13H17N3/c1-11-4-2-3-5-13(11)16-9-8-15-10-12(16)6-7-14/h2-5,12,15H,6,8-10H2,1H3. The third kappa shape index (κ3) is 2.17. The van der Waals surface area contributed by atoms with Gasteiger partial charge in [0.25, 0.3) is 0 Å². The summed E-state index contributed by atoms with van der Waals surface area (Å²) in [4.78, 5) is 2.36. The number of hydrogen-bond acceptors (Lipinski definition) is 3. The number of hydrogen-bond donors (Lipinski definition) is 1. The molecule has 1 aromatic carbocycles. The second-order valence-electron chi connectivity index (χ2n) is 4.20. The molecule has 1 heterocycles. The summed E-state index contributed by atoms with van der Waals surface area (Å²) in [6, 6.07) is 11.0. The summed E-state index contributed by atoms with van der Waals surface area (Å²) < 4.78 is 0. The Morgan fingerprint density at radius 2 is 2.31 bits per heavy atom. The van der Waals surface area contributed by atoms with Crippen molar-refractivity contribution in [2.45, 2.75) is 19.4 Å². The molecule has 3 heteroatoms. The summed E-state index contributed by atoms with van der Waals surface area (Å²) in [7, 11) is 0. The van der Waals surface area contributed by atoms with Gasteiger partial charge in [0, 0.05) is 25.3 Å². The summed E-state index contributed by atoms with van der Waals surface area (Å²) in [6.07, 6.45) is 0.585. The number of nitriles is 1. The van der Waals surface area contributed by atoms with Gasteiger partial charge in [-0.05, 0) is 18.6 Å². The summed E-state index contributed by atoms with van der Waals surface area (Å²) in [5, 5.41) is 12.2. The molecule has 84 valence electrons. The van der Waals surface area contributed by atoms with Gasteiger partial charge < -0.3 is 10.2 Å². The largest absolute Gasteiger partial charge is 0.365 e. The Balaban J connectivity index is 2.24. The Labute approximate surface area is 96.7 Å². The molecule has 2 rings (SSSR count). The first-order valence-corrected chi connectivity index (χ1v) is 5.73. The average Bonchev–Trinajstić information content (AvgIpc) is 2.31. The summed E-state index contributed by atoms with van der Waals surface area (Å²) in [5.74, 6) is 0. The normalized spacial score (nSPS) is 20.5. The minimum atomic E-state index is 0.305. The van der Waals surface area contributed by atoms with Gasteiger partial charge in [0.1, 0.15) is 0 Å². The molecule has 0 aliphatic carbocycles. The molecule has 1 aromatic rings. The fourth-order valence-electron chi connectivity index (χ4n) is 2.25. The highest BCUT2D eigenvalue weighted by Crippen LogP contribution is 2.23. The van der Waals surface area contributed by atoms with Gasteiger partial charge in [0.05, 0.1) is 18.5 Å². The highest BCUT2D eigenvalue weighted by atomic mass is 15.2. The first-order valence-electron chi connectivity index (χ1n) is 5.73. The first kappa shape index (κ1) is 11.0. The minimum Gasteiger partial charge on any atom is -0.365 e. The molecule has 0 aromatic heterocycles. The van der Waals surface area contributed by atoms with Gasteiger partial charge >= 0.3 is 0 Å². The van der Waals surface area contributed by atoms with Crippen LogP contribution in [0.15, 0.2) is 24.3 Å². The van der Waals surface area contributed by atoms with Crippen molar-refractivity contribution in [1.82, 2.24) is 5.32 Å². The van der Waals surface area contributed by atoms with E-state index in [2.05, 4.69) is 47.5 Å². The number of benzene rings is 1. The maximum Gasteiger partial charge on any atom is 0.0643 e. The highest BCUT2D eigenvalue weighted by Gasteiger charge is 2.22. The van der Waals surface area contributed by atoms with Crippen molar-refractivity contribution >= 4 is 5.69 Å². The Hall–Kier alpha value is -1.53. The molecule has 1 atom stereocenters. The number of nitrogens with one attached hydrogen (secondary N) is 1. The van der Waals surface area contributed by atoms with E-state index in [9.17, 15) is 0 Å². The van der Waals surface area contributed by atoms with Gasteiger partial charge in [-0.25, -0.2) is 0 Å². The zero-order valence-electron chi connectivity index (χ0n) is 9.61. The molecular formula is C13H17N3. The lowest BCUT2D eigenvalue weighted by Gasteiger charge is -2.37. The predicted molar refractivity (Wildman–Crippen MR) is 65.4 cm³/mol. The third-order valence-corrected chi connectivity index (χ3v) is 3.10. The molecule has 1 N–H and O–H groups in total. The summed E-state index contributed by atoms with van der Waals surface area (Å²) >= 11 is 0. The average molecular weight is 215 g/mol. The van der Waals surface area contributed by atoms with E-state index in [0.29, 0.717) is 12.5 Å². The lowest BCUT2D eigenvalue weighted by atomic mass is 10.1. The summed E-state index contributed by atoms with van der Waals surface area (Å²) in [5.41, 5.74) is 2.55. The molecule has 1 unspecified atom stereocenters. The number of rotatable bonds is 2. The van der Waals surface area contributed by atoms with E-state index >= 15 is 0 Å². The van der Waals surface area contributed by atoms with Gasteiger partial charge in [-0.3, -0.25) is 0 Å². The van der Waals surface area contributed by atoms with Crippen LogP contribution in [0.4, 0.5) is 5.69 Å². The maximum atomic E-state index is 8.85. The molecule has 1 fully saturated rings. The van der Waals surface area contributed by atoms with Crippen LogP contribution in [0.5, 0.6) is 0 Å². The van der Waals surface area contributed by atoms with E-state index < -0.39 is 0 Å². The van der Waals surface area contributed by atoms with Crippen molar-refractivity contribution < 1.29 is 0 Å². The summed E-state index contributed by atoms with van der Waals surface area (Å²) in [6.45, 7) is 5.01. The topological polar surface area (TPSA) is 39.1 Å². The first-order chi connectivity index (χ1) is 7.83. The molecule has 0 bridgehead atoms. The van der Waals surface area contributed by atoms with E-state index in [1.54, 1.807) is 0 Å². The Morgan fingerprint density at radius 3 is 3.06 bits per heavy atom. The van der Waals surface area contributed by atoms with Crippen molar-refractivity contribution in [2.75, 3.05) is 24.5 Å². The SMILES string of the molecule is Cc1ccccc1N1CCNCC1CC#N. The van der Waals surface area contributed by atoms with Gasteiger partial charge in [-0.2, -0.15) is 5.26 Å². The molecular weight excluding hydrogens is 198 g/mol. The predicted octanol–water partition coefficient (Wildman–Crippen LogP) is 1.69. The number of para-hydroxylation sites is 1. The molecule has 16 heavy (non-hydrogen) atoms. The van der Waals surface area contributed by atoms with Crippen molar-refractivity contribution in [1.29, 1.82) is 5.26 Å². The van der Waals surface area contributed by atoms with Crippen molar-refractivity contribution in [2.24, 2.45) is 0 Å². The van der Waals surface area contributed by atoms with Crippen LogP contribution in [0.25, 0.3) is 0 Å². The Bertz CT molecular complexity index is 394. The van der Waals surface area contributed by atoms with Crippen LogP contribution in [0.1, 0.15) is 12.0 Å². The van der Waals surface area contributed by atoms with E-state index in [1.165, 1.54) is 11.3 Å². The lowest BCUT2D eigenvalue weighted by Crippen LogP contribution is -2.51. The van der Waals surface area contributed by atoms with Crippen LogP contribution in [-0.4, -0.2) is 25.7 Å². The molecule has 0 saturated carbocycles. The zero-order chi connectivity index (χ0) is 11.4. The van der Waals surface area contributed by atoms with E-state index in [0.717, 1.165) is 19.6 Å². The molecule has 0 amide bonds. The molecule has 1 aliphatic heterocycles. The minimum absolute atomic E-state index is 0.305. The van der Waals surface area contributed by atoms with Gasteiger partial charge in [-0.1, -0.05) is 18.2 Å². The van der Waals surface area contributed by atoms with Crippen LogP contribution in [0.3, 0.4) is 0 Å². The fourth-order valence-corrected chi connectivity index (χ4v) is 2.25. The maximum absolute atomic E-state index is 8.85. The number of aryl methyl sites for hydroxylation is 1. The van der Waals surface area contributed by atoms with Gasteiger partial charge in [0.15, 0.2) is 0 Å². The van der Waals surface area contributed by atoms with Crippen molar-refractivity contribution in [3.05, 3.63) is 29.8 Å². The van der Waals surface area contributed by atoms with Crippen molar-refractivity contribution in [3.63, 3.8) is 0 Å². The van der Waals surface area contributed by atoms with Crippen molar-refractivity contribution in [3.8, 4) is 6.07 Å². The monoisotopic (exact) mass is 215 g/mol. The second kappa shape index (κ2) is 5.00. The number of nitrogens with zero attached hydrogens (tertiary/aromatic N) is 2. The second-order valence-corrected chi connectivity index (χ2v) is 4.20. The highest BCUT2D eigenvalue weighted by molar-refractivity contribution is 5.54. The molecule has 0 spiro atoms. The molecule has 3 nitrogen and oxygen atoms in total. The van der Waals surface area contributed by atoms with Crippen LogP contribution in [-0.2, 0) is 0 Å². The molecule has 0 radical (unpaired) electrons. The number of anilines is 1. The van der Waals surface area contributed by atoms with Crippen LogP contribution in [0, 0.1) is 18.3 Å². The van der Waals surface area contributed by atoms with E-state index in [-0.39, 0.29) is 0 Å². The van der Waals surface area contributed by atoms with E-state index in [1.807, 2.05) is 0 Å². The van der Waals surface area contributed by atoms with E-state index in [4.69, 9.17) is 5.26 Å². The smallest absolute Gasteiger partial charge is 0.0643 e. The molecule has 1 aliphatic rings. The van der Waals surface area contributed by atoms with Gasteiger partial charge in [0.2, 0.25) is 0 Å². The molecule has 1 saturated heterocycles. The Kier molecular flexibility index (Phi) is 3.43. The Morgan fingerprint density at radius 1 is 1.50 bits per heavy atom. The third-order valence-electron chi connectivity index (χ3n) is 3.10. The quantitative estimate of drug-likeness (QED) is 0.816.